The first-order valence-corrected chi connectivity index (χ1v) is 14.1. The van der Waals surface area contributed by atoms with Crippen LogP contribution in [-0.2, 0) is 14.3 Å². The molecule has 3 aromatic carbocycles. The Labute approximate surface area is 229 Å². The van der Waals surface area contributed by atoms with Crippen LogP contribution in [0.25, 0.3) is 21.3 Å². The van der Waals surface area contributed by atoms with E-state index >= 15 is 0 Å². The van der Waals surface area contributed by atoms with E-state index in [9.17, 15) is 14.4 Å². The minimum atomic E-state index is -0.432. The third kappa shape index (κ3) is 6.33. The molecule has 0 aliphatic heterocycles. The largest absolute Gasteiger partial charge is 0.465 e. The van der Waals surface area contributed by atoms with Crippen LogP contribution in [0.1, 0.15) is 10.4 Å². The van der Waals surface area contributed by atoms with Crippen LogP contribution in [0.4, 0.5) is 11.4 Å². The molecule has 0 saturated carbocycles. The molecule has 0 fully saturated rings. The van der Waals surface area contributed by atoms with Gasteiger partial charge in [0, 0.05) is 11.4 Å². The summed E-state index contributed by atoms with van der Waals surface area (Å²) < 4.78 is 6.33. The number of carbonyl (C=O) groups is 3. The number of rotatable bonds is 9. The highest BCUT2D eigenvalue weighted by Crippen LogP contribution is 2.31. The van der Waals surface area contributed by atoms with Gasteiger partial charge in [-0.3, -0.25) is 9.59 Å². The fraction of sp³-hybridized carbons (Fsp3) is 0.115. The average molecular weight is 564 g/mol. The summed E-state index contributed by atoms with van der Waals surface area (Å²) in [5.74, 6) is -0.345. The van der Waals surface area contributed by atoms with Crippen LogP contribution in [-0.4, -0.2) is 51.4 Å². The predicted octanol–water partition coefficient (Wildman–Crippen LogP) is 5.42. The highest BCUT2D eigenvalue weighted by atomic mass is 32.2. The van der Waals surface area contributed by atoms with Crippen LogP contribution < -0.4 is 10.6 Å². The average Bonchev–Trinajstić information content (AvgIpc) is 3.54. The van der Waals surface area contributed by atoms with E-state index in [0.717, 1.165) is 25.6 Å². The molecule has 0 bridgehead atoms. The van der Waals surface area contributed by atoms with E-state index < -0.39 is 5.97 Å². The molecule has 5 rings (SSSR count). The second-order valence-electron chi connectivity index (χ2n) is 7.96. The zero-order valence-corrected chi connectivity index (χ0v) is 22.5. The Kier molecular flexibility index (Phi) is 7.91. The van der Waals surface area contributed by atoms with Gasteiger partial charge in [0.1, 0.15) is 0 Å². The fourth-order valence-electron chi connectivity index (χ4n) is 3.50. The van der Waals surface area contributed by atoms with E-state index in [2.05, 4.69) is 30.3 Å². The van der Waals surface area contributed by atoms with Crippen molar-refractivity contribution in [3.05, 3.63) is 72.3 Å². The molecule has 2 amide bonds. The summed E-state index contributed by atoms with van der Waals surface area (Å²) in [6.07, 6.45) is 0. The zero-order valence-electron chi connectivity index (χ0n) is 20.0. The third-order valence-corrected chi connectivity index (χ3v) is 8.31. The lowest BCUT2D eigenvalue weighted by Gasteiger charge is -2.05. The number of nitrogens with one attached hydrogen (secondary N) is 3. The SMILES string of the molecule is COC(=O)c1ccc(NC(=O)CSc2nc3ccc(NC(=O)CSc4nc5ccccc5[nH]4)cc3s2)cc1. The van der Waals surface area contributed by atoms with Crippen LogP contribution in [0.15, 0.2) is 76.2 Å². The Hall–Kier alpha value is -3.87. The summed E-state index contributed by atoms with van der Waals surface area (Å²) in [4.78, 5) is 48.6. The van der Waals surface area contributed by atoms with E-state index in [0.29, 0.717) is 22.1 Å². The van der Waals surface area contributed by atoms with Gasteiger partial charge in [-0.25, -0.2) is 14.8 Å². The standard InChI is InChI=1S/C26H21N5O4S3/c1-35-24(34)15-6-8-16(9-7-15)27-23(33)14-37-26-31-20-11-10-17(12-21(20)38-26)28-22(32)13-36-25-29-18-4-2-3-5-19(18)30-25/h2-12H,13-14H2,1H3,(H,27,33)(H,28,32)(H,29,30). The maximum Gasteiger partial charge on any atom is 0.337 e. The van der Waals surface area contributed by atoms with Crippen LogP contribution >= 0.6 is 34.9 Å². The van der Waals surface area contributed by atoms with Gasteiger partial charge in [-0.15, -0.1) is 11.3 Å². The highest BCUT2D eigenvalue weighted by Gasteiger charge is 2.12. The van der Waals surface area contributed by atoms with Crippen molar-refractivity contribution < 1.29 is 19.1 Å². The molecule has 3 N–H and O–H groups in total. The van der Waals surface area contributed by atoms with Crippen molar-refractivity contribution in [1.82, 2.24) is 15.0 Å². The van der Waals surface area contributed by atoms with Crippen molar-refractivity contribution >= 4 is 85.3 Å². The van der Waals surface area contributed by atoms with Crippen molar-refractivity contribution in [2.45, 2.75) is 9.50 Å². The number of H-pyrrole nitrogens is 1. The number of esters is 1. The van der Waals surface area contributed by atoms with Crippen molar-refractivity contribution in [1.29, 1.82) is 0 Å². The van der Waals surface area contributed by atoms with E-state index in [4.69, 9.17) is 0 Å². The molecule has 0 radical (unpaired) electrons. The number of nitrogens with zero attached hydrogens (tertiary/aromatic N) is 2. The molecule has 2 aromatic heterocycles. The smallest absolute Gasteiger partial charge is 0.337 e. The minimum Gasteiger partial charge on any atom is -0.465 e. The van der Waals surface area contributed by atoms with Crippen molar-refractivity contribution in [2.24, 2.45) is 0 Å². The number of aromatic nitrogens is 3. The van der Waals surface area contributed by atoms with Crippen molar-refractivity contribution in [2.75, 3.05) is 29.2 Å². The number of imidazole rings is 1. The Bertz CT molecular complexity index is 1600. The normalized spacial score (nSPS) is 11.0. The number of para-hydroxylation sites is 2. The number of ether oxygens (including phenoxy) is 1. The summed E-state index contributed by atoms with van der Waals surface area (Å²) in [7, 11) is 1.32. The molecule has 12 heteroatoms. The van der Waals surface area contributed by atoms with Crippen LogP contribution in [0, 0.1) is 0 Å². The van der Waals surface area contributed by atoms with Crippen LogP contribution in [0.3, 0.4) is 0 Å². The van der Waals surface area contributed by atoms with Crippen molar-refractivity contribution in [3.8, 4) is 0 Å². The van der Waals surface area contributed by atoms with Gasteiger partial charge >= 0.3 is 5.97 Å². The van der Waals surface area contributed by atoms with Gasteiger partial charge in [-0.1, -0.05) is 35.7 Å². The Morgan fingerprint density at radius 1 is 0.868 bits per heavy atom. The van der Waals surface area contributed by atoms with Crippen LogP contribution in [0.2, 0.25) is 0 Å². The number of fused-ring (bicyclic) bond motifs is 2. The van der Waals surface area contributed by atoms with Gasteiger partial charge in [0.15, 0.2) is 9.50 Å². The summed E-state index contributed by atoms with van der Waals surface area (Å²) >= 11 is 4.13. The number of hydrogen-bond acceptors (Lipinski definition) is 9. The maximum atomic E-state index is 12.5. The quantitative estimate of drug-likeness (QED) is 0.160. The molecule has 5 aromatic rings. The summed E-state index contributed by atoms with van der Waals surface area (Å²) in [5.41, 5.74) is 4.28. The molecule has 0 aliphatic carbocycles. The molecular formula is C26H21N5O4S3. The van der Waals surface area contributed by atoms with Gasteiger partial charge in [-0.05, 0) is 54.6 Å². The summed E-state index contributed by atoms with van der Waals surface area (Å²) in [5, 5.41) is 6.42. The second-order valence-corrected chi connectivity index (χ2v) is 11.2. The Balaban J connectivity index is 1.12. The third-order valence-electron chi connectivity index (χ3n) is 5.28. The Morgan fingerprint density at radius 3 is 2.34 bits per heavy atom. The lowest BCUT2D eigenvalue weighted by molar-refractivity contribution is -0.114. The molecule has 0 aliphatic rings. The fourth-order valence-corrected chi connectivity index (χ4v) is 6.10. The lowest BCUT2D eigenvalue weighted by Crippen LogP contribution is -2.14. The molecular weight excluding hydrogens is 543 g/mol. The van der Waals surface area contributed by atoms with E-state index in [1.54, 1.807) is 24.3 Å². The number of methoxy groups -OCH3 is 1. The van der Waals surface area contributed by atoms with Gasteiger partial charge in [0.2, 0.25) is 11.8 Å². The van der Waals surface area contributed by atoms with E-state index in [-0.39, 0.29) is 23.3 Å². The van der Waals surface area contributed by atoms with Gasteiger partial charge in [0.25, 0.3) is 0 Å². The number of carbonyl (C=O) groups excluding carboxylic acids is 3. The summed E-state index contributed by atoms with van der Waals surface area (Å²) in [6, 6.07) is 19.8. The molecule has 2 heterocycles. The van der Waals surface area contributed by atoms with Crippen molar-refractivity contribution in [3.63, 3.8) is 0 Å². The number of aromatic amines is 1. The number of thioether (sulfide) groups is 2. The molecule has 0 unspecified atom stereocenters. The predicted molar refractivity (Wildman–Crippen MR) is 152 cm³/mol. The molecule has 9 nitrogen and oxygen atoms in total. The number of thiazole rings is 1. The second kappa shape index (κ2) is 11.7. The molecule has 192 valence electrons. The Morgan fingerprint density at radius 2 is 1.58 bits per heavy atom. The van der Waals surface area contributed by atoms with Gasteiger partial charge < -0.3 is 20.4 Å². The lowest BCUT2D eigenvalue weighted by atomic mass is 10.2. The first kappa shape index (κ1) is 25.8. The van der Waals surface area contributed by atoms with E-state index in [1.807, 2.05) is 42.5 Å². The maximum absolute atomic E-state index is 12.5. The monoisotopic (exact) mass is 563 g/mol. The molecule has 0 saturated heterocycles. The minimum absolute atomic E-state index is 0.134. The number of amides is 2. The van der Waals surface area contributed by atoms with Gasteiger partial charge in [-0.2, -0.15) is 0 Å². The first-order valence-electron chi connectivity index (χ1n) is 11.4. The molecule has 38 heavy (non-hydrogen) atoms. The topological polar surface area (TPSA) is 126 Å². The van der Waals surface area contributed by atoms with Crippen LogP contribution in [0.5, 0.6) is 0 Å². The molecule has 0 spiro atoms. The number of benzene rings is 3. The first-order chi connectivity index (χ1) is 18.5. The number of hydrogen-bond donors (Lipinski definition) is 3. The number of anilines is 2. The highest BCUT2D eigenvalue weighted by molar-refractivity contribution is 8.01. The van der Waals surface area contributed by atoms with E-state index in [1.165, 1.54) is 42.0 Å². The molecule has 0 atom stereocenters. The zero-order chi connectivity index (χ0) is 26.5. The van der Waals surface area contributed by atoms with Gasteiger partial charge in [0.05, 0.1) is 45.4 Å². The summed E-state index contributed by atoms with van der Waals surface area (Å²) in [6.45, 7) is 0.